The van der Waals surface area contributed by atoms with E-state index in [1.54, 1.807) is 12.1 Å². The number of nitrogens with two attached hydrogens (primary N) is 1. The highest BCUT2D eigenvalue weighted by molar-refractivity contribution is 5.90. The van der Waals surface area contributed by atoms with E-state index < -0.39 is 5.97 Å². The van der Waals surface area contributed by atoms with Crippen LogP contribution >= 0.6 is 0 Å². The third-order valence-electron chi connectivity index (χ3n) is 3.90. The molecule has 0 aliphatic carbocycles. The minimum Gasteiger partial charge on any atom is -0.478 e. The SMILES string of the molecule is CC(CNc1cc(C(=O)O)ccc1N)N1CCCCC1. The lowest BCUT2D eigenvalue weighted by atomic mass is 10.1. The highest BCUT2D eigenvalue weighted by atomic mass is 16.4. The van der Waals surface area contributed by atoms with Gasteiger partial charge in [0.1, 0.15) is 0 Å². The van der Waals surface area contributed by atoms with Crippen molar-refractivity contribution in [1.82, 2.24) is 4.90 Å². The molecule has 1 aliphatic rings. The Morgan fingerprint density at radius 2 is 2.10 bits per heavy atom. The fourth-order valence-electron chi connectivity index (χ4n) is 2.59. The van der Waals surface area contributed by atoms with Gasteiger partial charge in [-0.1, -0.05) is 6.42 Å². The van der Waals surface area contributed by atoms with Crippen molar-refractivity contribution in [2.24, 2.45) is 0 Å². The van der Waals surface area contributed by atoms with Crippen LogP contribution in [0.15, 0.2) is 18.2 Å². The van der Waals surface area contributed by atoms with Crippen LogP contribution in [0.25, 0.3) is 0 Å². The van der Waals surface area contributed by atoms with Gasteiger partial charge < -0.3 is 16.2 Å². The first kappa shape index (κ1) is 14.7. The molecular formula is C15H23N3O2. The number of hydrogen-bond acceptors (Lipinski definition) is 4. The fraction of sp³-hybridized carbons (Fsp3) is 0.533. The maximum atomic E-state index is 11.0. The lowest BCUT2D eigenvalue weighted by Gasteiger charge is -2.32. The van der Waals surface area contributed by atoms with Crippen LogP contribution in [0.3, 0.4) is 0 Å². The van der Waals surface area contributed by atoms with Crippen molar-refractivity contribution in [2.45, 2.75) is 32.2 Å². The molecule has 1 heterocycles. The molecule has 2 rings (SSSR count). The number of rotatable bonds is 5. The summed E-state index contributed by atoms with van der Waals surface area (Å²) in [6.07, 6.45) is 3.85. The minimum absolute atomic E-state index is 0.257. The maximum Gasteiger partial charge on any atom is 0.335 e. The molecule has 1 fully saturated rings. The number of benzene rings is 1. The topological polar surface area (TPSA) is 78.6 Å². The van der Waals surface area contributed by atoms with Gasteiger partial charge in [0.25, 0.3) is 0 Å². The molecule has 0 saturated carbocycles. The average molecular weight is 277 g/mol. The Kier molecular flexibility index (Phi) is 4.84. The Morgan fingerprint density at radius 3 is 2.75 bits per heavy atom. The lowest BCUT2D eigenvalue weighted by Crippen LogP contribution is -2.41. The Balaban J connectivity index is 1.95. The maximum absolute atomic E-state index is 11.0. The van der Waals surface area contributed by atoms with E-state index in [4.69, 9.17) is 10.8 Å². The second kappa shape index (κ2) is 6.61. The second-order valence-corrected chi connectivity index (χ2v) is 5.43. The molecule has 0 amide bonds. The molecule has 0 spiro atoms. The van der Waals surface area contributed by atoms with Gasteiger partial charge in [0, 0.05) is 12.6 Å². The lowest BCUT2D eigenvalue weighted by molar-refractivity contribution is 0.0697. The van der Waals surface area contributed by atoms with Crippen LogP contribution in [0.4, 0.5) is 11.4 Å². The third kappa shape index (κ3) is 3.63. The first-order chi connectivity index (χ1) is 9.58. The zero-order valence-corrected chi connectivity index (χ0v) is 11.9. The summed E-state index contributed by atoms with van der Waals surface area (Å²) < 4.78 is 0. The smallest absolute Gasteiger partial charge is 0.335 e. The Labute approximate surface area is 119 Å². The van der Waals surface area contributed by atoms with Crippen molar-refractivity contribution in [3.63, 3.8) is 0 Å². The predicted molar refractivity (Wildman–Crippen MR) is 81.2 cm³/mol. The number of carboxylic acids is 1. The van der Waals surface area contributed by atoms with Gasteiger partial charge in [0.05, 0.1) is 16.9 Å². The molecule has 1 saturated heterocycles. The summed E-state index contributed by atoms with van der Waals surface area (Å²) >= 11 is 0. The number of nitrogens with one attached hydrogen (secondary N) is 1. The number of anilines is 2. The fourth-order valence-corrected chi connectivity index (χ4v) is 2.59. The first-order valence-electron chi connectivity index (χ1n) is 7.18. The Morgan fingerprint density at radius 1 is 1.40 bits per heavy atom. The number of nitrogen functional groups attached to an aromatic ring is 1. The summed E-state index contributed by atoms with van der Waals surface area (Å²) in [5, 5.41) is 12.3. The molecule has 1 aromatic carbocycles. The van der Waals surface area contributed by atoms with Crippen molar-refractivity contribution in [3.8, 4) is 0 Å². The van der Waals surface area contributed by atoms with Crippen molar-refractivity contribution < 1.29 is 9.90 Å². The number of hydrogen-bond donors (Lipinski definition) is 3. The van der Waals surface area contributed by atoms with Crippen molar-refractivity contribution in [1.29, 1.82) is 0 Å². The Bertz CT molecular complexity index is 470. The van der Waals surface area contributed by atoms with E-state index >= 15 is 0 Å². The normalized spacial score (nSPS) is 17.6. The monoisotopic (exact) mass is 277 g/mol. The largest absolute Gasteiger partial charge is 0.478 e. The van der Waals surface area contributed by atoms with Crippen LogP contribution in [-0.4, -0.2) is 41.7 Å². The summed E-state index contributed by atoms with van der Waals surface area (Å²) in [5.41, 5.74) is 7.43. The summed E-state index contributed by atoms with van der Waals surface area (Å²) in [5.74, 6) is -0.933. The Hall–Kier alpha value is -1.75. The molecule has 4 N–H and O–H groups in total. The molecule has 20 heavy (non-hydrogen) atoms. The van der Waals surface area contributed by atoms with E-state index in [-0.39, 0.29) is 5.56 Å². The van der Waals surface area contributed by atoms with Gasteiger partial charge in [0.2, 0.25) is 0 Å². The zero-order valence-electron chi connectivity index (χ0n) is 11.9. The van der Waals surface area contributed by atoms with Gasteiger partial charge in [-0.2, -0.15) is 0 Å². The van der Waals surface area contributed by atoms with E-state index in [0.717, 1.165) is 19.6 Å². The summed E-state index contributed by atoms with van der Waals surface area (Å²) in [4.78, 5) is 13.4. The number of piperidine rings is 1. The average Bonchev–Trinajstić information content (AvgIpc) is 2.46. The summed E-state index contributed by atoms with van der Waals surface area (Å²) in [6.45, 7) is 5.25. The number of likely N-dealkylation sites (tertiary alicyclic amines) is 1. The van der Waals surface area contributed by atoms with Gasteiger partial charge in [-0.25, -0.2) is 4.79 Å². The third-order valence-corrected chi connectivity index (χ3v) is 3.90. The van der Waals surface area contributed by atoms with E-state index in [9.17, 15) is 4.79 Å². The molecule has 1 aliphatic heterocycles. The molecule has 0 radical (unpaired) electrons. The number of aromatic carboxylic acids is 1. The number of carboxylic acid groups (broad SMARTS) is 1. The highest BCUT2D eigenvalue weighted by Crippen LogP contribution is 2.21. The van der Waals surface area contributed by atoms with Gasteiger partial charge in [-0.15, -0.1) is 0 Å². The summed E-state index contributed by atoms with van der Waals surface area (Å²) in [7, 11) is 0. The molecule has 1 atom stereocenters. The van der Waals surface area contributed by atoms with Crippen molar-refractivity contribution in [3.05, 3.63) is 23.8 Å². The zero-order chi connectivity index (χ0) is 14.5. The van der Waals surface area contributed by atoms with E-state index in [1.807, 2.05) is 0 Å². The van der Waals surface area contributed by atoms with Crippen LogP contribution in [0, 0.1) is 0 Å². The van der Waals surface area contributed by atoms with Crippen LogP contribution in [0.1, 0.15) is 36.5 Å². The van der Waals surface area contributed by atoms with Crippen LogP contribution in [0.5, 0.6) is 0 Å². The van der Waals surface area contributed by atoms with Crippen molar-refractivity contribution in [2.75, 3.05) is 30.7 Å². The van der Waals surface area contributed by atoms with Crippen molar-refractivity contribution >= 4 is 17.3 Å². The van der Waals surface area contributed by atoms with E-state index in [0.29, 0.717) is 17.4 Å². The van der Waals surface area contributed by atoms with Gasteiger partial charge in [-0.05, 0) is 51.1 Å². The predicted octanol–water partition coefficient (Wildman–Crippen LogP) is 2.25. The van der Waals surface area contributed by atoms with E-state index in [1.165, 1.54) is 25.3 Å². The standard InChI is InChI=1S/C15H23N3O2/c1-11(18-7-3-2-4-8-18)10-17-14-9-12(15(19)20)5-6-13(14)16/h5-6,9,11,17H,2-4,7-8,10,16H2,1H3,(H,19,20). The molecule has 5 heteroatoms. The molecular weight excluding hydrogens is 254 g/mol. The molecule has 1 unspecified atom stereocenters. The van der Waals surface area contributed by atoms with Gasteiger partial charge >= 0.3 is 5.97 Å². The minimum atomic E-state index is -0.933. The quantitative estimate of drug-likeness (QED) is 0.719. The highest BCUT2D eigenvalue weighted by Gasteiger charge is 2.16. The van der Waals surface area contributed by atoms with Crippen LogP contribution in [-0.2, 0) is 0 Å². The van der Waals surface area contributed by atoms with Crippen LogP contribution in [0.2, 0.25) is 0 Å². The first-order valence-corrected chi connectivity index (χ1v) is 7.18. The molecule has 0 bridgehead atoms. The molecule has 1 aromatic rings. The number of carbonyl (C=O) groups is 1. The van der Waals surface area contributed by atoms with Gasteiger partial charge in [0.15, 0.2) is 0 Å². The van der Waals surface area contributed by atoms with Gasteiger partial charge in [-0.3, -0.25) is 4.90 Å². The molecule has 110 valence electrons. The number of nitrogens with zero attached hydrogens (tertiary/aromatic N) is 1. The molecule has 5 nitrogen and oxygen atoms in total. The van der Waals surface area contributed by atoms with E-state index in [2.05, 4.69) is 17.1 Å². The van der Waals surface area contributed by atoms with Crippen LogP contribution < -0.4 is 11.1 Å². The second-order valence-electron chi connectivity index (χ2n) is 5.43. The summed E-state index contributed by atoms with van der Waals surface area (Å²) in [6, 6.07) is 5.18. The molecule has 0 aromatic heterocycles.